The molecule has 1 aliphatic rings. The van der Waals surface area contributed by atoms with Gasteiger partial charge in [-0.2, -0.15) is 5.10 Å². The molecule has 2 rings (SSSR count). The average Bonchev–Trinajstić information content (AvgIpc) is 2.81. The van der Waals surface area contributed by atoms with Gasteiger partial charge in [-0.25, -0.2) is 0 Å². The molecule has 2 unspecified atom stereocenters. The van der Waals surface area contributed by atoms with Gasteiger partial charge in [0.05, 0.1) is 6.20 Å². The lowest BCUT2D eigenvalue weighted by atomic mass is 9.90. The molecule has 1 saturated heterocycles. The Kier molecular flexibility index (Phi) is 5.40. The molecule has 0 aromatic carbocycles. The Hall–Kier alpha value is -0.870. The van der Waals surface area contributed by atoms with E-state index in [1.54, 1.807) is 0 Å². The Balaban J connectivity index is 2.25. The Labute approximate surface area is 117 Å². The highest BCUT2D eigenvalue weighted by molar-refractivity contribution is 5.13. The van der Waals surface area contributed by atoms with Crippen LogP contribution in [0.1, 0.15) is 44.7 Å². The molecule has 0 amide bonds. The largest absolute Gasteiger partial charge is 0.319 e. The highest BCUT2D eigenvalue weighted by Crippen LogP contribution is 2.34. The van der Waals surface area contributed by atoms with Crippen molar-refractivity contribution in [2.75, 3.05) is 26.7 Å². The van der Waals surface area contributed by atoms with Gasteiger partial charge < -0.3 is 5.32 Å². The van der Waals surface area contributed by atoms with E-state index in [0.717, 1.165) is 19.6 Å². The molecule has 108 valence electrons. The number of nitrogens with zero attached hydrogens (tertiary/aromatic N) is 3. The van der Waals surface area contributed by atoms with Gasteiger partial charge in [0.25, 0.3) is 0 Å². The monoisotopic (exact) mass is 264 g/mol. The van der Waals surface area contributed by atoms with Crippen LogP contribution in [0.4, 0.5) is 0 Å². The van der Waals surface area contributed by atoms with Gasteiger partial charge in [-0.3, -0.25) is 9.58 Å². The van der Waals surface area contributed by atoms with Crippen LogP contribution in [0.3, 0.4) is 0 Å². The molecule has 1 aromatic heterocycles. The summed E-state index contributed by atoms with van der Waals surface area (Å²) in [5, 5.41) is 7.85. The summed E-state index contributed by atoms with van der Waals surface area (Å²) in [6, 6.07) is 0.528. The number of hydrogen-bond acceptors (Lipinski definition) is 3. The smallest absolute Gasteiger partial charge is 0.0537 e. The van der Waals surface area contributed by atoms with Gasteiger partial charge in [0.2, 0.25) is 0 Å². The van der Waals surface area contributed by atoms with E-state index >= 15 is 0 Å². The zero-order chi connectivity index (χ0) is 13.7. The highest BCUT2D eigenvalue weighted by Gasteiger charge is 2.30. The van der Waals surface area contributed by atoms with Crippen LogP contribution in [0.2, 0.25) is 0 Å². The molecule has 0 aliphatic carbocycles. The van der Waals surface area contributed by atoms with E-state index < -0.39 is 0 Å². The first-order chi connectivity index (χ1) is 9.30. The maximum atomic E-state index is 4.47. The maximum absolute atomic E-state index is 4.47. The van der Waals surface area contributed by atoms with E-state index in [1.807, 2.05) is 4.68 Å². The minimum Gasteiger partial charge on any atom is -0.319 e. The van der Waals surface area contributed by atoms with Crippen LogP contribution in [0.5, 0.6) is 0 Å². The van der Waals surface area contributed by atoms with Crippen molar-refractivity contribution in [2.24, 2.45) is 5.92 Å². The van der Waals surface area contributed by atoms with Gasteiger partial charge in [-0.15, -0.1) is 0 Å². The van der Waals surface area contributed by atoms with Crippen molar-refractivity contribution in [1.82, 2.24) is 20.0 Å². The minimum absolute atomic E-state index is 0.528. The van der Waals surface area contributed by atoms with E-state index in [-0.39, 0.29) is 0 Å². The first kappa shape index (κ1) is 14.5. The summed E-state index contributed by atoms with van der Waals surface area (Å²) in [6.45, 7) is 8.82. The van der Waals surface area contributed by atoms with E-state index in [9.17, 15) is 0 Å². The second-order valence-electron chi connectivity index (χ2n) is 5.52. The second-order valence-corrected chi connectivity index (χ2v) is 5.52. The number of aromatic nitrogens is 2. The van der Waals surface area contributed by atoms with Crippen molar-refractivity contribution >= 4 is 0 Å². The summed E-state index contributed by atoms with van der Waals surface area (Å²) in [7, 11) is 2.06. The van der Waals surface area contributed by atoms with Crippen molar-refractivity contribution in [3.63, 3.8) is 0 Å². The molecule has 4 nitrogen and oxygen atoms in total. The van der Waals surface area contributed by atoms with Gasteiger partial charge in [0, 0.05) is 24.3 Å². The lowest BCUT2D eigenvalue weighted by molar-refractivity contribution is 0.162. The average molecular weight is 264 g/mol. The summed E-state index contributed by atoms with van der Waals surface area (Å²) >= 11 is 0. The zero-order valence-corrected chi connectivity index (χ0v) is 12.6. The maximum Gasteiger partial charge on any atom is 0.0537 e. The van der Waals surface area contributed by atoms with Crippen molar-refractivity contribution in [1.29, 1.82) is 0 Å². The van der Waals surface area contributed by atoms with E-state index in [0.29, 0.717) is 12.0 Å². The molecule has 0 bridgehead atoms. The summed E-state index contributed by atoms with van der Waals surface area (Å²) < 4.78 is 2.05. The number of hydrogen-bond donors (Lipinski definition) is 1. The minimum atomic E-state index is 0.528. The topological polar surface area (TPSA) is 33.1 Å². The third-order valence-corrected chi connectivity index (χ3v) is 4.30. The molecule has 0 spiro atoms. The molecule has 0 radical (unpaired) electrons. The van der Waals surface area contributed by atoms with Crippen LogP contribution in [-0.2, 0) is 6.54 Å². The summed E-state index contributed by atoms with van der Waals surface area (Å²) in [5.41, 5.74) is 1.39. The predicted molar refractivity (Wildman–Crippen MR) is 79.2 cm³/mol. The third kappa shape index (κ3) is 3.37. The fourth-order valence-electron chi connectivity index (χ4n) is 3.34. The van der Waals surface area contributed by atoms with Crippen LogP contribution >= 0.6 is 0 Å². The molecule has 1 aromatic rings. The summed E-state index contributed by atoms with van der Waals surface area (Å²) in [5.74, 6) is 0.696. The van der Waals surface area contributed by atoms with Crippen LogP contribution in [0.25, 0.3) is 0 Å². The normalized spacial score (nSPS) is 25.4. The molecule has 1 N–H and O–H groups in total. The van der Waals surface area contributed by atoms with Crippen LogP contribution in [-0.4, -0.2) is 41.4 Å². The molecule has 1 aliphatic heterocycles. The highest BCUT2D eigenvalue weighted by atomic mass is 15.3. The molecule has 1 fully saturated rings. The Morgan fingerprint density at radius 1 is 1.32 bits per heavy atom. The summed E-state index contributed by atoms with van der Waals surface area (Å²) in [6.07, 6.45) is 8.30. The summed E-state index contributed by atoms with van der Waals surface area (Å²) in [4.78, 5) is 2.63. The predicted octanol–water partition coefficient (Wildman–Crippen LogP) is 2.29. The van der Waals surface area contributed by atoms with Gasteiger partial charge in [0.15, 0.2) is 0 Å². The zero-order valence-electron chi connectivity index (χ0n) is 12.6. The van der Waals surface area contributed by atoms with E-state index in [2.05, 4.69) is 48.6 Å². The fourth-order valence-corrected chi connectivity index (χ4v) is 3.34. The van der Waals surface area contributed by atoms with Crippen molar-refractivity contribution in [3.05, 3.63) is 18.0 Å². The molecule has 4 heteroatoms. The number of aryl methyl sites for hydroxylation is 1. The molecule has 2 atom stereocenters. The van der Waals surface area contributed by atoms with Crippen molar-refractivity contribution in [3.8, 4) is 0 Å². The van der Waals surface area contributed by atoms with Crippen LogP contribution in [0.15, 0.2) is 12.4 Å². The molecule has 2 heterocycles. The number of likely N-dealkylation sites (tertiary alicyclic amines) is 1. The molecule has 19 heavy (non-hydrogen) atoms. The number of nitrogens with one attached hydrogen (secondary N) is 1. The van der Waals surface area contributed by atoms with Crippen molar-refractivity contribution in [2.45, 2.75) is 45.7 Å². The molecular weight excluding hydrogens is 236 g/mol. The first-order valence-electron chi connectivity index (χ1n) is 7.71. The van der Waals surface area contributed by atoms with Crippen molar-refractivity contribution < 1.29 is 0 Å². The number of rotatable bonds is 5. The Bertz CT molecular complexity index is 374. The SMILES string of the molecule is CCN1CCCCC(CNC)C1c1cnn(CC)c1. The lowest BCUT2D eigenvalue weighted by Gasteiger charge is -2.33. The third-order valence-electron chi connectivity index (χ3n) is 4.30. The quantitative estimate of drug-likeness (QED) is 0.886. The Morgan fingerprint density at radius 3 is 2.79 bits per heavy atom. The van der Waals surface area contributed by atoms with Gasteiger partial charge in [-0.05, 0) is 52.4 Å². The molecule has 0 saturated carbocycles. The van der Waals surface area contributed by atoms with Crippen LogP contribution < -0.4 is 5.32 Å². The van der Waals surface area contributed by atoms with Crippen LogP contribution in [0, 0.1) is 5.92 Å². The second kappa shape index (κ2) is 7.06. The fraction of sp³-hybridized carbons (Fsp3) is 0.800. The first-order valence-corrected chi connectivity index (χ1v) is 7.71. The standard InChI is InChI=1S/C15H28N4/c1-4-18-9-7-6-8-13(10-16-3)15(18)14-11-17-19(5-2)12-14/h11-13,15-16H,4-10H2,1-3H3. The van der Waals surface area contributed by atoms with E-state index in [4.69, 9.17) is 0 Å². The van der Waals surface area contributed by atoms with Gasteiger partial charge >= 0.3 is 0 Å². The van der Waals surface area contributed by atoms with Gasteiger partial charge in [-0.1, -0.05) is 13.3 Å². The lowest BCUT2D eigenvalue weighted by Crippen LogP contribution is -2.36. The van der Waals surface area contributed by atoms with Gasteiger partial charge in [0.1, 0.15) is 0 Å². The Morgan fingerprint density at radius 2 is 2.16 bits per heavy atom. The molecular formula is C15H28N4. The van der Waals surface area contributed by atoms with E-state index in [1.165, 1.54) is 31.4 Å².